The van der Waals surface area contributed by atoms with Gasteiger partial charge >= 0.3 is 6.03 Å². The normalized spacial score (nSPS) is 22.0. The fraction of sp³-hybridized carbons (Fsp3) is 0.917. The van der Waals surface area contributed by atoms with Crippen LogP contribution < -0.4 is 5.32 Å². The number of hydrogen-bond donors (Lipinski definition) is 1. The van der Waals surface area contributed by atoms with Gasteiger partial charge in [-0.2, -0.15) is 11.8 Å². The molecule has 0 radical (unpaired) electrons. The highest BCUT2D eigenvalue weighted by molar-refractivity contribution is 8.00. The largest absolute Gasteiger partial charge is 0.338 e. The number of amides is 2. The zero-order valence-electron chi connectivity index (χ0n) is 11.5. The molecule has 0 saturated carbocycles. The zero-order chi connectivity index (χ0) is 13.5. The molecule has 6 heteroatoms. The number of nitrogens with zero attached hydrogens (tertiary/aromatic N) is 1. The lowest BCUT2D eigenvalue weighted by Crippen LogP contribution is -2.48. The molecule has 1 heterocycles. The third-order valence-electron chi connectivity index (χ3n) is 3.01. The molecule has 2 amide bonds. The average molecular weight is 292 g/mol. The Morgan fingerprint density at radius 3 is 2.89 bits per heavy atom. The molecule has 106 valence electrons. The van der Waals surface area contributed by atoms with E-state index < -0.39 is 10.8 Å². The molecule has 0 aromatic rings. The minimum absolute atomic E-state index is 0.0304. The van der Waals surface area contributed by atoms with Crippen molar-refractivity contribution in [3.63, 3.8) is 0 Å². The lowest BCUT2D eigenvalue weighted by Gasteiger charge is -2.34. The van der Waals surface area contributed by atoms with Crippen LogP contribution >= 0.6 is 11.8 Å². The predicted octanol–water partition coefficient (Wildman–Crippen LogP) is 1.54. The van der Waals surface area contributed by atoms with Crippen LogP contribution in [0.1, 0.15) is 20.3 Å². The number of hydrogen-bond acceptors (Lipinski definition) is 3. The van der Waals surface area contributed by atoms with Gasteiger partial charge < -0.3 is 10.2 Å². The fourth-order valence-corrected chi connectivity index (χ4v) is 3.70. The molecule has 1 saturated heterocycles. The van der Waals surface area contributed by atoms with Crippen molar-refractivity contribution < 1.29 is 9.00 Å². The predicted molar refractivity (Wildman–Crippen MR) is 79.6 cm³/mol. The van der Waals surface area contributed by atoms with Crippen molar-refractivity contribution in [3.05, 3.63) is 0 Å². The van der Waals surface area contributed by atoms with Gasteiger partial charge in [0, 0.05) is 53.4 Å². The second kappa shape index (κ2) is 8.04. The van der Waals surface area contributed by atoms with Crippen LogP contribution in [-0.2, 0) is 10.8 Å². The molecule has 1 aliphatic rings. The highest BCUT2D eigenvalue weighted by Gasteiger charge is 2.25. The van der Waals surface area contributed by atoms with E-state index in [2.05, 4.69) is 19.2 Å². The summed E-state index contributed by atoms with van der Waals surface area (Å²) in [6.07, 6.45) is 2.47. The third kappa shape index (κ3) is 5.61. The summed E-state index contributed by atoms with van der Waals surface area (Å²) in [6, 6.07) is 0.0304. The first-order valence-electron chi connectivity index (χ1n) is 6.45. The quantitative estimate of drug-likeness (QED) is 0.782. The lowest BCUT2D eigenvalue weighted by molar-refractivity contribution is 0.197. The SMILES string of the molecule is CC(C)[C@@H]1CN(C(=O)NCCC[S@@](C)=O)CCS1. The second-order valence-corrected chi connectivity index (χ2v) is 7.86. The van der Waals surface area contributed by atoms with Crippen molar-refractivity contribution in [1.29, 1.82) is 0 Å². The van der Waals surface area contributed by atoms with Crippen LogP contribution in [0.3, 0.4) is 0 Å². The van der Waals surface area contributed by atoms with Gasteiger partial charge in [-0.25, -0.2) is 4.79 Å². The van der Waals surface area contributed by atoms with Crippen molar-refractivity contribution in [3.8, 4) is 0 Å². The van der Waals surface area contributed by atoms with E-state index in [1.807, 2.05) is 16.7 Å². The molecular formula is C12H24N2O2S2. The van der Waals surface area contributed by atoms with Crippen molar-refractivity contribution in [2.24, 2.45) is 5.92 Å². The van der Waals surface area contributed by atoms with Crippen molar-refractivity contribution in [1.82, 2.24) is 10.2 Å². The Labute approximate surface area is 117 Å². The van der Waals surface area contributed by atoms with Gasteiger partial charge in [0.1, 0.15) is 0 Å². The standard InChI is InChI=1S/C12H24N2O2S2/c1-10(2)11-9-14(6-7-17-11)12(15)13-5-4-8-18(3)16/h10-11H,4-9H2,1-3H3,(H,13,15)/t11-,18+/m0/s1. The minimum atomic E-state index is -0.765. The van der Waals surface area contributed by atoms with E-state index in [0.29, 0.717) is 23.5 Å². The Balaban J connectivity index is 2.26. The molecule has 0 aliphatic carbocycles. The molecule has 1 rings (SSSR count). The van der Waals surface area contributed by atoms with Crippen LogP contribution in [0.25, 0.3) is 0 Å². The molecule has 0 unspecified atom stereocenters. The van der Waals surface area contributed by atoms with Crippen molar-refractivity contribution in [2.75, 3.05) is 37.4 Å². The summed E-state index contributed by atoms with van der Waals surface area (Å²) in [5, 5.41) is 3.46. The maximum atomic E-state index is 11.9. The molecule has 1 N–H and O–H groups in total. The Morgan fingerprint density at radius 2 is 2.28 bits per heavy atom. The third-order valence-corrected chi connectivity index (χ3v) is 5.41. The minimum Gasteiger partial charge on any atom is -0.338 e. The molecular weight excluding hydrogens is 268 g/mol. The highest BCUT2D eigenvalue weighted by Crippen LogP contribution is 2.24. The smallest absolute Gasteiger partial charge is 0.317 e. The average Bonchev–Trinajstić information content (AvgIpc) is 2.34. The summed E-state index contributed by atoms with van der Waals surface area (Å²) in [5.41, 5.74) is 0. The van der Waals surface area contributed by atoms with Gasteiger partial charge in [-0.05, 0) is 12.3 Å². The Kier molecular flexibility index (Phi) is 7.07. The maximum absolute atomic E-state index is 11.9. The van der Waals surface area contributed by atoms with E-state index in [1.165, 1.54) is 0 Å². The van der Waals surface area contributed by atoms with E-state index >= 15 is 0 Å². The Morgan fingerprint density at radius 1 is 1.56 bits per heavy atom. The van der Waals surface area contributed by atoms with E-state index in [1.54, 1.807) is 6.26 Å². The van der Waals surface area contributed by atoms with E-state index in [4.69, 9.17) is 0 Å². The van der Waals surface area contributed by atoms with Gasteiger partial charge in [-0.15, -0.1) is 0 Å². The van der Waals surface area contributed by atoms with Crippen LogP contribution in [0.15, 0.2) is 0 Å². The summed E-state index contributed by atoms with van der Waals surface area (Å²) in [7, 11) is -0.765. The molecule has 1 fully saturated rings. The van der Waals surface area contributed by atoms with Gasteiger partial charge in [-0.3, -0.25) is 4.21 Å². The fourth-order valence-electron chi connectivity index (χ4n) is 1.85. The number of carbonyl (C=O) groups excluding carboxylic acids is 1. The summed E-state index contributed by atoms with van der Waals surface area (Å²) in [6.45, 7) is 6.70. The van der Waals surface area contributed by atoms with Gasteiger partial charge in [-0.1, -0.05) is 13.8 Å². The molecule has 0 aromatic carbocycles. The van der Waals surface area contributed by atoms with Crippen LogP contribution in [0, 0.1) is 5.92 Å². The van der Waals surface area contributed by atoms with E-state index in [0.717, 1.165) is 25.3 Å². The van der Waals surface area contributed by atoms with E-state index in [-0.39, 0.29) is 6.03 Å². The summed E-state index contributed by atoms with van der Waals surface area (Å²) < 4.78 is 10.9. The summed E-state index contributed by atoms with van der Waals surface area (Å²) >= 11 is 1.96. The van der Waals surface area contributed by atoms with Crippen LogP contribution in [-0.4, -0.2) is 57.8 Å². The second-order valence-electron chi connectivity index (χ2n) is 4.96. The topological polar surface area (TPSA) is 49.4 Å². The number of rotatable bonds is 5. The summed E-state index contributed by atoms with van der Waals surface area (Å²) in [5.74, 6) is 2.29. The van der Waals surface area contributed by atoms with Crippen LogP contribution in [0.5, 0.6) is 0 Å². The lowest BCUT2D eigenvalue weighted by atomic mass is 10.1. The molecule has 0 aromatic heterocycles. The molecule has 4 nitrogen and oxygen atoms in total. The van der Waals surface area contributed by atoms with Crippen LogP contribution in [0.4, 0.5) is 4.79 Å². The van der Waals surface area contributed by atoms with Gasteiger partial charge in [0.15, 0.2) is 0 Å². The first-order chi connectivity index (χ1) is 8.50. The maximum Gasteiger partial charge on any atom is 0.317 e. The molecule has 1 aliphatic heterocycles. The number of thioether (sulfide) groups is 1. The molecule has 0 bridgehead atoms. The van der Waals surface area contributed by atoms with Crippen molar-refractivity contribution >= 4 is 28.6 Å². The highest BCUT2D eigenvalue weighted by atomic mass is 32.2. The Bertz CT molecular complexity index is 298. The molecule has 18 heavy (non-hydrogen) atoms. The monoisotopic (exact) mass is 292 g/mol. The van der Waals surface area contributed by atoms with Crippen LogP contribution in [0.2, 0.25) is 0 Å². The first-order valence-corrected chi connectivity index (χ1v) is 9.22. The Hall–Kier alpha value is -0.230. The number of urea groups is 1. The summed E-state index contributed by atoms with van der Waals surface area (Å²) in [4.78, 5) is 13.8. The first kappa shape index (κ1) is 15.8. The zero-order valence-corrected chi connectivity index (χ0v) is 13.1. The molecule has 2 atom stereocenters. The van der Waals surface area contributed by atoms with E-state index in [9.17, 15) is 9.00 Å². The van der Waals surface area contributed by atoms with Gasteiger partial charge in [0.25, 0.3) is 0 Å². The van der Waals surface area contributed by atoms with Gasteiger partial charge in [0.05, 0.1) is 0 Å². The number of nitrogens with one attached hydrogen (secondary N) is 1. The molecule has 0 spiro atoms. The van der Waals surface area contributed by atoms with Gasteiger partial charge in [0.2, 0.25) is 0 Å². The van der Waals surface area contributed by atoms with Crippen molar-refractivity contribution in [2.45, 2.75) is 25.5 Å². The number of carbonyl (C=O) groups is 1.